The molecule has 0 bridgehead atoms. The molecule has 0 N–H and O–H groups in total. The number of hydrogen-bond acceptors (Lipinski definition) is 2. The summed E-state index contributed by atoms with van der Waals surface area (Å²) in [5.74, 6) is 0. The van der Waals surface area contributed by atoms with Crippen molar-refractivity contribution in [3.8, 4) is 44.6 Å². The minimum absolute atomic E-state index is 0.945. The Bertz CT molecular complexity index is 1860. The van der Waals surface area contributed by atoms with E-state index in [2.05, 4.69) is 84.9 Å². The van der Waals surface area contributed by atoms with Crippen LogP contribution < -0.4 is 10.6 Å². The van der Waals surface area contributed by atoms with Crippen LogP contribution in [0.5, 0.6) is 0 Å². The summed E-state index contributed by atoms with van der Waals surface area (Å²) in [5.41, 5.74) is 8.49. The average molecular weight is 494 g/mol. The standard InChI is InChI=1S/C34H24NOP/c1-37(36)32-17-8-7-14-27(32)29-15-9-16-30(34(29)37)28-20-18-23-10-5-6-13-26(23)33(28)25-19-21-31(35-22-25)24-11-3-2-4-12-24/h2-22H,1H3. The number of rotatable bonds is 3. The van der Waals surface area contributed by atoms with Crippen molar-refractivity contribution in [1.29, 1.82) is 0 Å². The summed E-state index contributed by atoms with van der Waals surface area (Å²) in [7, 11) is -2.76. The SMILES string of the molecule is CP1(=O)c2ccccc2-c2cccc(-c3ccc4ccccc4c3-c3ccc(-c4ccccc4)nc3)c21. The minimum Gasteiger partial charge on any atom is -0.314 e. The maximum atomic E-state index is 14.4. The number of pyridine rings is 1. The fourth-order valence-electron chi connectivity index (χ4n) is 5.76. The molecule has 176 valence electrons. The average Bonchev–Trinajstić information content (AvgIpc) is 3.20. The number of aromatic nitrogens is 1. The van der Waals surface area contributed by atoms with Crippen molar-refractivity contribution in [1.82, 2.24) is 4.98 Å². The van der Waals surface area contributed by atoms with Gasteiger partial charge in [0.25, 0.3) is 0 Å². The molecule has 2 nitrogen and oxygen atoms in total. The lowest BCUT2D eigenvalue weighted by atomic mass is 9.89. The third-order valence-electron chi connectivity index (χ3n) is 7.46. The summed E-state index contributed by atoms with van der Waals surface area (Å²) in [6.07, 6.45) is 1.97. The van der Waals surface area contributed by atoms with E-state index in [0.717, 1.165) is 60.6 Å². The van der Waals surface area contributed by atoms with E-state index in [1.165, 1.54) is 5.39 Å². The summed E-state index contributed by atoms with van der Waals surface area (Å²) in [6, 6.07) is 41.8. The molecule has 0 amide bonds. The molecule has 7 rings (SSSR count). The highest BCUT2D eigenvalue weighted by atomic mass is 31.2. The second-order valence-electron chi connectivity index (χ2n) is 9.65. The summed E-state index contributed by atoms with van der Waals surface area (Å²) in [5, 5.41) is 4.24. The fourth-order valence-corrected chi connectivity index (χ4v) is 8.34. The monoisotopic (exact) mass is 493 g/mol. The molecule has 0 fully saturated rings. The van der Waals surface area contributed by atoms with Gasteiger partial charge < -0.3 is 4.57 Å². The van der Waals surface area contributed by atoms with Crippen LogP contribution in [0.15, 0.2) is 128 Å². The molecule has 3 heteroatoms. The van der Waals surface area contributed by atoms with E-state index in [0.29, 0.717) is 0 Å². The first-order valence-corrected chi connectivity index (χ1v) is 14.6. The van der Waals surface area contributed by atoms with Gasteiger partial charge in [-0.3, -0.25) is 4.98 Å². The Morgan fingerprint density at radius 3 is 2.08 bits per heavy atom. The number of fused-ring (bicyclic) bond motifs is 4. The molecule has 2 heterocycles. The maximum absolute atomic E-state index is 14.4. The smallest absolute Gasteiger partial charge is 0.142 e. The summed E-state index contributed by atoms with van der Waals surface area (Å²) >= 11 is 0. The summed E-state index contributed by atoms with van der Waals surface area (Å²) in [6.45, 7) is 1.91. The van der Waals surface area contributed by atoms with Crippen LogP contribution in [0.4, 0.5) is 0 Å². The maximum Gasteiger partial charge on any atom is 0.142 e. The zero-order valence-corrected chi connectivity index (χ0v) is 21.3. The van der Waals surface area contributed by atoms with Gasteiger partial charge in [0, 0.05) is 27.9 Å². The molecule has 1 aliphatic rings. The highest BCUT2D eigenvalue weighted by molar-refractivity contribution is 7.79. The molecule has 5 aromatic carbocycles. The van der Waals surface area contributed by atoms with Crippen LogP contribution in [0.1, 0.15) is 0 Å². The first-order chi connectivity index (χ1) is 18.1. The van der Waals surface area contributed by atoms with Crippen LogP contribution in [0.3, 0.4) is 0 Å². The molecule has 1 aromatic heterocycles. The number of benzene rings is 5. The molecule has 37 heavy (non-hydrogen) atoms. The Hall–Kier alpha value is -4.26. The zero-order chi connectivity index (χ0) is 25.0. The molecule has 6 aromatic rings. The molecular weight excluding hydrogens is 469 g/mol. The first-order valence-electron chi connectivity index (χ1n) is 12.5. The second-order valence-corrected chi connectivity index (χ2v) is 12.4. The van der Waals surface area contributed by atoms with Crippen molar-refractivity contribution in [2.45, 2.75) is 0 Å². The van der Waals surface area contributed by atoms with E-state index in [1.54, 1.807) is 0 Å². The van der Waals surface area contributed by atoms with Gasteiger partial charge in [-0.2, -0.15) is 0 Å². The quantitative estimate of drug-likeness (QED) is 0.233. The Labute approximate surface area is 216 Å². The Morgan fingerprint density at radius 1 is 0.568 bits per heavy atom. The van der Waals surface area contributed by atoms with Crippen LogP contribution in [0.25, 0.3) is 55.4 Å². The van der Waals surface area contributed by atoms with Crippen LogP contribution in [-0.4, -0.2) is 11.6 Å². The van der Waals surface area contributed by atoms with Gasteiger partial charge in [0.15, 0.2) is 0 Å². The predicted octanol–water partition coefficient (Wildman–Crippen LogP) is 8.16. The highest BCUT2D eigenvalue weighted by Crippen LogP contribution is 2.53. The van der Waals surface area contributed by atoms with Gasteiger partial charge in [0.05, 0.1) is 5.69 Å². The second kappa shape index (κ2) is 8.40. The van der Waals surface area contributed by atoms with Crippen LogP contribution in [0.2, 0.25) is 0 Å². The Morgan fingerprint density at radius 2 is 1.27 bits per heavy atom. The van der Waals surface area contributed by atoms with E-state index >= 15 is 0 Å². The van der Waals surface area contributed by atoms with Gasteiger partial charge >= 0.3 is 0 Å². The number of hydrogen-bond donors (Lipinski definition) is 0. The molecular formula is C34H24NOP. The van der Waals surface area contributed by atoms with Gasteiger partial charge in [0.1, 0.15) is 7.14 Å². The van der Waals surface area contributed by atoms with Crippen LogP contribution in [0, 0.1) is 0 Å². The molecule has 1 unspecified atom stereocenters. The van der Waals surface area contributed by atoms with Crippen molar-refractivity contribution in [3.63, 3.8) is 0 Å². The molecule has 0 radical (unpaired) electrons. The van der Waals surface area contributed by atoms with Gasteiger partial charge in [-0.25, -0.2) is 0 Å². The van der Waals surface area contributed by atoms with Crippen LogP contribution >= 0.6 is 7.14 Å². The van der Waals surface area contributed by atoms with Gasteiger partial charge in [0.2, 0.25) is 0 Å². The van der Waals surface area contributed by atoms with Crippen molar-refractivity contribution in [2.24, 2.45) is 0 Å². The normalized spacial score (nSPS) is 15.9. The van der Waals surface area contributed by atoms with E-state index in [9.17, 15) is 4.57 Å². The van der Waals surface area contributed by atoms with Crippen molar-refractivity contribution in [3.05, 3.63) is 128 Å². The topological polar surface area (TPSA) is 30.0 Å². The highest BCUT2D eigenvalue weighted by Gasteiger charge is 2.37. The first kappa shape index (κ1) is 22.0. The van der Waals surface area contributed by atoms with Gasteiger partial charge in [-0.1, -0.05) is 115 Å². The third-order valence-corrected chi connectivity index (χ3v) is 10.1. The molecule has 0 saturated heterocycles. The van der Waals surface area contributed by atoms with E-state index in [4.69, 9.17) is 4.98 Å². The predicted molar refractivity (Wildman–Crippen MR) is 156 cm³/mol. The fraction of sp³-hybridized carbons (Fsp3) is 0.0294. The van der Waals surface area contributed by atoms with Crippen molar-refractivity contribution in [2.75, 3.05) is 6.66 Å². The third kappa shape index (κ3) is 3.41. The molecule has 1 aliphatic heterocycles. The summed E-state index contributed by atoms with van der Waals surface area (Å²) in [4.78, 5) is 4.85. The Kier molecular flexibility index (Phi) is 4.99. The summed E-state index contributed by atoms with van der Waals surface area (Å²) < 4.78 is 14.4. The van der Waals surface area contributed by atoms with Crippen LogP contribution in [-0.2, 0) is 4.57 Å². The minimum atomic E-state index is -2.76. The van der Waals surface area contributed by atoms with Gasteiger partial charge in [-0.15, -0.1) is 0 Å². The largest absolute Gasteiger partial charge is 0.314 e. The van der Waals surface area contributed by atoms with Crippen molar-refractivity contribution >= 4 is 28.5 Å². The lowest BCUT2D eigenvalue weighted by molar-refractivity contribution is 0.591. The van der Waals surface area contributed by atoms with E-state index < -0.39 is 7.14 Å². The Balaban J connectivity index is 1.49. The molecule has 0 aliphatic carbocycles. The van der Waals surface area contributed by atoms with Gasteiger partial charge in [-0.05, 0) is 51.3 Å². The number of nitrogens with zero attached hydrogens (tertiary/aromatic N) is 1. The van der Waals surface area contributed by atoms with Crippen molar-refractivity contribution < 1.29 is 4.57 Å². The lowest BCUT2D eigenvalue weighted by Crippen LogP contribution is -2.11. The lowest BCUT2D eigenvalue weighted by Gasteiger charge is -2.19. The van der Waals surface area contributed by atoms with E-state index in [1.807, 2.05) is 49.3 Å². The molecule has 0 spiro atoms. The molecule has 1 atom stereocenters. The molecule has 0 saturated carbocycles. The van der Waals surface area contributed by atoms with E-state index in [-0.39, 0.29) is 0 Å². The zero-order valence-electron chi connectivity index (χ0n) is 20.4.